The third-order valence-electron chi connectivity index (χ3n) is 2.04. The Morgan fingerprint density at radius 1 is 1.11 bits per heavy atom. The van der Waals surface area contributed by atoms with Gasteiger partial charge in [0.2, 0.25) is 0 Å². The zero-order chi connectivity index (χ0) is 15.0. The maximum absolute atomic E-state index is 11.5. The highest BCUT2D eigenvalue weighted by Crippen LogP contribution is 1.97. The van der Waals surface area contributed by atoms with Gasteiger partial charge in [0.1, 0.15) is 6.04 Å². The molecule has 0 saturated carbocycles. The monoisotopic (exact) mass is 275 g/mol. The number of Topliss-reactive ketones (excluding diaryl/α,β-unsaturated/α-hetero) is 1. The first-order valence-corrected chi connectivity index (χ1v) is 5.71. The first-order valence-electron chi connectivity index (χ1n) is 5.71. The highest BCUT2D eigenvalue weighted by atomic mass is 16.5. The number of carbonyl (C=O) groups is 4. The average Bonchev–Trinajstić information content (AvgIpc) is 2.34. The molecule has 2 N–H and O–H groups in total. The number of esters is 2. The van der Waals surface area contributed by atoms with Crippen LogP contribution in [0.3, 0.4) is 0 Å². The van der Waals surface area contributed by atoms with E-state index in [1.165, 1.54) is 13.8 Å². The minimum atomic E-state index is -1.85. The third-order valence-corrected chi connectivity index (χ3v) is 2.04. The van der Waals surface area contributed by atoms with E-state index in [-0.39, 0.29) is 13.2 Å². The summed E-state index contributed by atoms with van der Waals surface area (Å²) in [6, 6.07) is -2.89. The van der Waals surface area contributed by atoms with Gasteiger partial charge >= 0.3 is 17.9 Å². The fraction of sp³-hybridized carbons (Fsp3) is 0.636. The molecule has 0 aliphatic carbocycles. The van der Waals surface area contributed by atoms with Gasteiger partial charge in [-0.2, -0.15) is 0 Å². The molecule has 0 heterocycles. The highest BCUT2D eigenvalue weighted by Gasteiger charge is 2.35. The Hall–Kier alpha value is -1.96. The molecular formula is C11H17NO7. The maximum Gasteiger partial charge on any atom is 0.376 e. The number of carboxylic acids is 1. The molecule has 0 aliphatic rings. The first-order chi connectivity index (χ1) is 8.84. The van der Waals surface area contributed by atoms with E-state index >= 15 is 0 Å². The lowest BCUT2D eigenvalue weighted by Crippen LogP contribution is -2.52. The minimum Gasteiger partial charge on any atom is -0.480 e. The Bertz CT molecular complexity index is 366. The lowest BCUT2D eigenvalue weighted by Gasteiger charge is -2.17. The number of carbonyl (C=O) groups excluding carboxylic acids is 3. The van der Waals surface area contributed by atoms with Gasteiger partial charge in [-0.3, -0.25) is 19.7 Å². The second-order valence-corrected chi connectivity index (χ2v) is 3.50. The predicted octanol–water partition coefficient (Wildman–Crippen LogP) is -0.887. The van der Waals surface area contributed by atoms with Crippen molar-refractivity contribution in [2.75, 3.05) is 13.2 Å². The molecule has 8 heteroatoms. The molecule has 0 bridgehead atoms. The lowest BCUT2D eigenvalue weighted by molar-refractivity contribution is -0.159. The number of hydrogen-bond acceptors (Lipinski definition) is 7. The van der Waals surface area contributed by atoms with E-state index in [1.54, 1.807) is 6.92 Å². The van der Waals surface area contributed by atoms with Crippen molar-refractivity contribution in [1.82, 2.24) is 5.32 Å². The van der Waals surface area contributed by atoms with E-state index in [0.717, 1.165) is 0 Å². The molecule has 2 atom stereocenters. The summed E-state index contributed by atoms with van der Waals surface area (Å²) in [4.78, 5) is 44.9. The average molecular weight is 275 g/mol. The van der Waals surface area contributed by atoms with Crippen molar-refractivity contribution in [3.05, 3.63) is 0 Å². The van der Waals surface area contributed by atoms with Crippen molar-refractivity contribution in [2.24, 2.45) is 0 Å². The topological polar surface area (TPSA) is 119 Å². The van der Waals surface area contributed by atoms with Crippen LogP contribution in [0, 0.1) is 0 Å². The number of ether oxygens (including phenoxy) is 2. The fourth-order valence-electron chi connectivity index (χ4n) is 1.16. The Kier molecular flexibility index (Phi) is 7.35. The molecule has 0 aromatic rings. The second-order valence-electron chi connectivity index (χ2n) is 3.50. The van der Waals surface area contributed by atoms with Crippen LogP contribution in [-0.4, -0.2) is 54.1 Å². The van der Waals surface area contributed by atoms with E-state index < -0.39 is 35.8 Å². The van der Waals surface area contributed by atoms with Gasteiger partial charge in [0.15, 0.2) is 6.04 Å². The van der Waals surface area contributed by atoms with Crippen molar-refractivity contribution in [3.8, 4) is 0 Å². The number of hydrogen-bond donors (Lipinski definition) is 2. The van der Waals surface area contributed by atoms with Crippen LogP contribution in [0.5, 0.6) is 0 Å². The van der Waals surface area contributed by atoms with Gasteiger partial charge < -0.3 is 14.6 Å². The van der Waals surface area contributed by atoms with Gasteiger partial charge in [0, 0.05) is 0 Å². The normalized spacial score (nSPS) is 13.2. The third kappa shape index (κ3) is 5.47. The van der Waals surface area contributed by atoms with E-state index in [2.05, 4.69) is 14.8 Å². The Labute approximate surface area is 110 Å². The summed E-state index contributed by atoms with van der Waals surface area (Å²) >= 11 is 0. The molecular weight excluding hydrogens is 258 g/mol. The Balaban J connectivity index is 4.75. The molecule has 0 aromatic carbocycles. The molecule has 0 radical (unpaired) electrons. The van der Waals surface area contributed by atoms with Crippen molar-refractivity contribution < 1.29 is 33.8 Å². The molecule has 1 unspecified atom stereocenters. The summed E-state index contributed by atoms with van der Waals surface area (Å²) < 4.78 is 9.07. The van der Waals surface area contributed by atoms with Crippen LogP contribution in [-0.2, 0) is 28.7 Å². The summed E-state index contributed by atoms with van der Waals surface area (Å²) in [5.74, 6) is -4.83. The van der Waals surface area contributed by atoms with Gasteiger partial charge in [-0.25, -0.2) is 4.79 Å². The van der Waals surface area contributed by atoms with Crippen molar-refractivity contribution >= 4 is 23.7 Å². The van der Waals surface area contributed by atoms with Gasteiger partial charge in [0.25, 0.3) is 5.78 Å². The molecule has 0 amide bonds. The molecule has 0 spiro atoms. The summed E-state index contributed by atoms with van der Waals surface area (Å²) in [6.07, 6.45) is 0. The van der Waals surface area contributed by atoms with Crippen molar-refractivity contribution in [1.29, 1.82) is 0 Å². The van der Waals surface area contributed by atoms with Crippen LogP contribution < -0.4 is 5.32 Å². The number of nitrogens with one attached hydrogen (secondary N) is 1. The zero-order valence-corrected chi connectivity index (χ0v) is 11.0. The molecule has 0 aliphatic heterocycles. The Morgan fingerprint density at radius 3 is 2.05 bits per heavy atom. The summed E-state index contributed by atoms with van der Waals surface area (Å²) in [7, 11) is 0. The summed E-state index contributed by atoms with van der Waals surface area (Å²) in [5, 5.41) is 11.1. The number of rotatable bonds is 8. The Morgan fingerprint density at radius 2 is 1.63 bits per heavy atom. The smallest absolute Gasteiger partial charge is 0.376 e. The van der Waals surface area contributed by atoms with E-state index in [4.69, 9.17) is 5.11 Å². The zero-order valence-electron chi connectivity index (χ0n) is 11.0. The molecule has 0 aromatic heterocycles. The molecule has 0 rings (SSSR count). The molecule has 8 nitrogen and oxygen atoms in total. The first kappa shape index (κ1) is 17.0. The van der Waals surface area contributed by atoms with Crippen LogP contribution in [0.1, 0.15) is 20.8 Å². The quantitative estimate of drug-likeness (QED) is 0.333. The van der Waals surface area contributed by atoms with Crippen molar-refractivity contribution in [2.45, 2.75) is 32.9 Å². The van der Waals surface area contributed by atoms with Crippen LogP contribution in [0.4, 0.5) is 0 Å². The van der Waals surface area contributed by atoms with Crippen LogP contribution in [0.15, 0.2) is 0 Å². The SMILES string of the molecule is CCOC(=O)C(=O)C(N[C@@H](C)C(=O)OCC)C(=O)O. The summed E-state index contributed by atoms with van der Waals surface area (Å²) in [5.41, 5.74) is 0. The van der Waals surface area contributed by atoms with Crippen molar-refractivity contribution in [3.63, 3.8) is 0 Å². The van der Waals surface area contributed by atoms with Gasteiger partial charge in [-0.05, 0) is 20.8 Å². The molecule has 0 fully saturated rings. The number of ketones is 1. The van der Waals surface area contributed by atoms with Gasteiger partial charge in [-0.15, -0.1) is 0 Å². The van der Waals surface area contributed by atoms with Gasteiger partial charge in [-0.1, -0.05) is 0 Å². The highest BCUT2D eigenvalue weighted by molar-refractivity contribution is 6.39. The maximum atomic E-state index is 11.5. The van der Waals surface area contributed by atoms with Crippen LogP contribution in [0.2, 0.25) is 0 Å². The number of carboxylic acid groups (broad SMARTS) is 1. The minimum absolute atomic E-state index is 0.0512. The molecule has 0 saturated heterocycles. The van der Waals surface area contributed by atoms with E-state index in [9.17, 15) is 19.2 Å². The standard InChI is InChI=1S/C11H17NO7/c1-4-18-10(16)6(3)12-7(9(14)15)8(13)11(17)19-5-2/h6-7,12H,4-5H2,1-3H3,(H,14,15)/t6-,7?/m0/s1. The lowest BCUT2D eigenvalue weighted by atomic mass is 10.1. The molecule has 19 heavy (non-hydrogen) atoms. The number of aliphatic carboxylic acids is 1. The largest absolute Gasteiger partial charge is 0.480 e. The van der Waals surface area contributed by atoms with Gasteiger partial charge in [0.05, 0.1) is 13.2 Å². The molecule has 108 valence electrons. The van der Waals surface area contributed by atoms with Crippen LogP contribution >= 0.6 is 0 Å². The summed E-state index contributed by atoms with van der Waals surface area (Å²) in [6.45, 7) is 4.46. The fourth-order valence-corrected chi connectivity index (χ4v) is 1.16. The van der Waals surface area contributed by atoms with Crippen LogP contribution in [0.25, 0.3) is 0 Å². The predicted molar refractivity (Wildman–Crippen MR) is 62.3 cm³/mol. The second kappa shape index (κ2) is 8.20. The van der Waals surface area contributed by atoms with E-state index in [0.29, 0.717) is 0 Å². The van der Waals surface area contributed by atoms with E-state index in [1.807, 2.05) is 0 Å².